The van der Waals surface area contributed by atoms with Gasteiger partial charge in [-0.1, -0.05) is 26.0 Å². The van der Waals surface area contributed by atoms with Crippen molar-refractivity contribution in [2.45, 2.75) is 38.8 Å². The zero-order valence-electron chi connectivity index (χ0n) is 11.1. The molecule has 0 aliphatic carbocycles. The highest BCUT2D eigenvalue weighted by molar-refractivity contribution is 7.52. The van der Waals surface area contributed by atoms with Gasteiger partial charge in [-0.3, -0.25) is 4.57 Å². The van der Waals surface area contributed by atoms with E-state index in [1.165, 1.54) is 0 Å². The molecule has 5 N–H and O–H groups in total. The lowest BCUT2D eigenvalue weighted by atomic mass is 10.0. The van der Waals surface area contributed by atoms with Crippen molar-refractivity contribution >= 4 is 7.60 Å². The fourth-order valence-corrected chi connectivity index (χ4v) is 2.34. The average Bonchev–Trinajstić information content (AvgIpc) is 2.23. The molecule has 0 spiro atoms. The lowest BCUT2D eigenvalue weighted by Gasteiger charge is -2.24. The first-order valence-electron chi connectivity index (χ1n) is 5.89. The van der Waals surface area contributed by atoms with E-state index < -0.39 is 19.7 Å². The number of nitrogens with two attached hydrogens (primary N) is 1. The molecule has 0 amide bonds. The molecule has 0 radical (unpaired) electrons. The first kappa shape index (κ1) is 16.1. The lowest BCUT2D eigenvalue weighted by molar-refractivity contribution is 0.0699. The summed E-state index contributed by atoms with van der Waals surface area (Å²) in [4.78, 5) is 18.3. The Labute approximate surface area is 112 Å². The Morgan fingerprint density at radius 2 is 1.89 bits per heavy atom. The number of ether oxygens (including phenoxy) is 1. The van der Waals surface area contributed by atoms with Crippen LogP contribution in [-0.4, -0.2) is 27.0 Å². The maximum absolute atomic E-state index is 11.3. The van der Waals surface area contributed by atoms with Gasteiger partial charge in [0.25, 0.3) is 0 Å². The van der Waals surface area contributed by atoms with Crippen LogP contribution in [0.3, 0.4) is 0 Å². The number of aliphatic hydroxyl groups excluding tert-OH is 1. The van der Waals surface area contributed by atoms with Gasteiger partial charge in [0, 0.05) is 0 Å². The molecule has 1 aromatic carbocycles. The van der Waals surface area contributed by atoms with E-state index in [1.54, 1.807) is 6.07 Å². The molecule has 0 saturated heterocycles. The van der Waals surface area contributed by atoms with E-state index in [0.717, 1.165) is 11.1 Å². The van der Waals surface area contributed by atoms with Crippen molar-refractivity contribution in [2.75, 3.05) is 0 Å². The fraction of sp³-hybridized carbons (Fsp3) is 0.500. The normalized spacial score (nSPS) is 15.4. The van der Waals surface area contributed by atoms with Gasteiger partial charge in [-0.25, -0.2) is 0 Å². The molecule has 2 atom stereocenters. The Balaban J connectivity index is 3.16. The minimum Gasteiger partial charge on any atom is -0.473 e. The van der Waals surface area contributed by atoms with E-state index in [4.69, 9.17) is 20.3 Å². The minimum atomic E-state index is -4.66. The van der Waals surface area contributed by atoms with Crippen molar-refractivity contribution in [3.8, 4) is 5.75 Å². The van der Waals surface area contributed by atoms with Crippen molar-refractivity contribution in [1.29, 1.82) is 0 Å². The van der Waals surface area contributed by atoms with Crippen LogP contribution in [0.4, 0.5) is 0 Å². The predicted octanol–water partition coefficient (Wildman–Crippen LogP) is 1.28. The summed E-state index contributed by atoms with van der Waals surface area (Å²) in [7, 11) is -4.66. The Bertz CT molecular complexity index is 483. The summed E-state index contributed by atoms with van der Waals surface area (Å²) in [5, 5.41) is 9.27. The molecule has 0 bridgehead atoms. The van der Waals surface area contributed by atoms with Crippen LogP contribution in [0.1, 0.15) is 30.9 Å². The van der Waals surface area contributed by atoms with Gasteiger partial charge in [-0.15, -0.1) is 0 Å². The van der Waals surface area contributed by atoms with Gasteiger partial charge in [-0.2, -0.15) is 0 Å². The highest BCUT2D eigenvalue weighted by atomic mass is 31.2. The molecule has 1 aromatic rings. The molecule has 6 nitrogen and oxygen atoms in total. The Kier molecular flexibility index (Phi) is 5.12. The summed E-state index contributed by atoms with van der Waals surface area (Å²) < 4.78 is 16.5. The second kappa shape index (κ2) is 6.03. The van der Waals surface area contributed by atoms with Gasteiger partial charge < -0.3 is 25.4 Å². The molecule has 19 heavy (non-hydrogen) atoms. The lowest BCUT2D eigenvalue weighted by Crippen LogP contribution is -2.38. The number of rotatable bonds is 5. The molecule has 2 unspecified atom stereocenters. The van der Waals surface area contributed by atoms with Gasteiger partial charge in [-0.05, 0) is 30.0 Å². The molecule has 0 aromatic heterocycles. The van der Waals surface area contributed by atoms with Gasteiger partial charge in [0.05, 0.1) is 0 Å². The van der Waals surface area contributed by atoms with Crippen molar-refractivity contribution in [2.24, 2.45) is 5.73 Å². The fourth-order valence-electron chi connectivity index (χ4n) is 1.69. The molecule has 1 rings (SSSR count). The number of benzene rings is 1. The third kappa shape index (κ3) is 4.30. The number of hydrogen-bond acceptors (Lipinski definition) is 4. The van der Waals surface area contributed by atoms with Gasteiger partial charge in [0.1, 0.15) is 5.75 Å². The number of aryl methyl sites for hydroxylation is 1. The van der Waals surface area contributed by atoms with Crippen molar-refractivity contribution in [1.82, 2.24) is 0 Å². The molecule has 7 heteroatoms. The van der Waals surface area contributed by atoms with Gasteiger partial charge >= 0.3 is 7.60 Å². The van der Waals surface area contributed by atoms with Crippen LogP contribution in [0.2, 0.25) is 0 Å². The van der Waals surface area contributed by atoms with E-state index in [9.17, 15) is 9.67 Å². The SMILES string of the molecule is Cc1ccc(C(C)C)c(OC(C(N)O)P(=O)(O)O)c1. The van der Waals surface area contributed by atoms with Crippen LogP contribution in [-0.2, 0) is 4.57 Å². The highest BCUT2D eigenvalue weighted by Crippen LogP contribution is 2.44. The molecule has 0 aliphatic rings. The quantitative estimate of drug-likeness (QED) is 0.479. The van der Waals surface area contributed by atoms with E-state index in [2.05, 4.69) is 0 Å². The van der Waals surface area contributed by atoms with E-state index in [1.807, 2.05) is 32.9 Å². The zero-order valence-corrected chi connectivity index (χ0v) is 12.0. The van der Waals surface area contributed by atoms with Crippen LogP contribution in [0.25, 0.3) is 0 Å². The summed E-state index contributed by atoms with van der Waals surface area (Å²) in [5.41, 5.74) is 6.85. The molecule has 0 fully saturated rings. The summed E-state index contributed by atoms with van der Waals surface area (Å²) in [5.74, 6) is -1.33. The van der Waals surface area contributed by atoms with Crippen molar-refractivity contribution in [3.05, 3.63) is 29.3 Å². The smallest absolute Gasteiger partial charge is 0.369 e. The third-order valence-electron chi connectivity index (χ3n) is 2.66. The van der Waals surface area contributed by atoms with E-state index in [-0.39, 0.29) is 5.92 Å². The molecule has 0 heterocycles. The molecular weight excluding hydrogens is 269 g/mol. The third-order valence-corrected chi connectivity index (χ3v) is 3.74. The minimum absolute atomic E-state index is 0.114. The second-order valence-electron chi connectivity index (χ2n) is 4.78. The van der Waals surface area contributed by atoms with Gasteiger partial charge in [0.2, 0.25) is 5.85 Å². The van der Waals surface area contributed by atoms with Crippen molar-refractivity contribution < 1.29 is 24.2 Å². The van der Waals surface area contributed by atoms with Crippen LogP contribution < -0.4 is 10.5 Å². The summed E-state index contributed by atoms with van der Waals surface area (Å²) in [6, 6.07) is 5.38. The Morgan fingerprint density at radius 3 is 2.32 bits per heavy atom. The first-order chi connectivity index (χ1) is 8.62. The highest BCUT2D eigenvalue weighted by Gasteiger charge is 2.36. The Morgan fingerprint density at radius 1 is 1.32 bits per heavy atom. The maximum Gasteiger partial charge on any atom is 0.369 e. The second-order valence-corrected chi connectivity index (χ2v) is 6.47. The number of aliphatic hydroxyl groups is 1. The largest absolute Gasteiger partial charge is 0.473 e. The van der Waals surface area contributed by atoms with Crippen LogP contribution >= 0.6 is 7.60 Å². The number of hydrogen-bond donors (Lipinski definition) is 4. The molecule has 0 aliphatic heterocycles. The van der Waals surface area contributed by atoms with Gasteiger partial charge in [0.15, 0.2) is 6.23 Å². The summed E-state index contributed by atoms with van der Waals surface area (Å²) in [6.07, 6.45) is -1.76. The van der Waals surface area contributed by atoms with Crippen LogP contribution in [0.15, 0.2) is 18.2 Å². The molecule has 0 saturated carbocycles. The Hall–Kier alpha value is -0.910. The van der Waals surface area contributed by atoms with E-state index in [0.29, 0.717) is 5.75 Å². The standard InChI is InChI=1S/C12H20NO5P/c1-7(2)9-5-4-8(3)6-10(9)18-12(11(13)14)19(15,16)17/h4-7,11-12,14H,13H2,1-3H3,(H2,15,16,17). The van der Waals surface area contributed by atoms with Crippen LogP contribution in [0, 0.1) is 6.92 Å². The molecular formula is C12H20NO5P. The summed E-state index contributed by atoms with van der Waals surface area (Å²) in [6.45, 7) is 5.70. The first-order valence-corrected chi connectivity index (χ1v) is 7.57. The summed E-state index contributed by atoms with van der Waals surface area (Å²) >= 11 is 0. The topological polar surface area (TPSA) is 113 Å². The predicted molar refractivity (Wildman–Crippen MR) is 71.9 cm³/mol. The monoisotopic (exact) mass is 289 g/mol. The van der Waals surface area contributed by atoms with E-state index >= 15 is 0 Å². The molecule has 108 valence electrons. The maximum atomic E-state index is 11.3. The zero-order chi connectivity index (χ0) is 14.8. The van der Waals surface area contributed by atoms with Crippen LogP contribution in [0.5, 0.6) is 5.75 Å². The average molecular weight is 289 g/mol. The van der Waals surface area contributed by atoms with Crippen molar-refractivity contribution in [3.63, 3.8) is 0 Å².